The first-order chi connectivity index (χ1) is 8.19. The molecule has 0 radical (unpaired) electrons. The Labute approximate surface area is 98.8 Å². The number of fused-ring (bicyclic) bond motifs is 1. The Morgan fingerprint density at radius 2 is 2.12 bits per heavy atom. The SMILES string of the molecule is O=C(O)c1cc2c(o1)NCC1(CCCCC1)O2. The highest BCUT2D eigenvalue weighted by atomic mass is 16.5. The van der Waals surface area contributed by atoms with Crippen LogP contribution < -0.4 is 10.1 Å². The number of hydrogen-bond donors (Lipinski definition) is 2. The maximum Gasteiger partial charge on any atom is 0.372 e. The van der Waals surface area contributed by atoms with E-state index in [-0.39, 0.29) is 11.4 Å². The van der Waals surface area contributed by atoms with E-state index in [4.69, 9.17) is 14.3 Å². The van der Waals surface area contributed by atoms with Crippen LogP contribution in [0.15, 0.2) is 10.5 Å². The summed E-state index contributed by atoms with van der Waals surface area (Å²) >= 11 is 0. The van der Waals surface area contributed by atoms with Crippen molar-refractivity contribution in [3.05, 3.63) is 11.8 Å². The highest BCUT2D eigenvalue weighted by Gasteiger charge is 2.39. The van der Waals surface area contributed by atoms with Crippen molar-refractivity contribution in [1.82, 2.24) is 0 Å². The molecule has 0 unspecified atom stereocenters. The first kappa shape index (κ1) is 10.5. The normalized spacial score (nSPS) is 21.4. The first-order valence-corrected chi connectivity index (χ1v) is 5.99. The number of hydrogen-bond acceptors (Lipinski definition) is 4. The molecular formula is C12H15NO4. The van der Waals surface area contributed by atoms with Crippen LogP contribution >= 0.6 is 0 Å². The molecule has 1 fully saturated rings. The molecular weight excluding hydrogens is 222 g/mol. The van der Waals surface area contributed by atoms with Crippen molar-refractivity contribution < 1.29 is 19.1 Å². The standard InChI is InChI=1S/C12H15NO4/c14-11(15)9-6-8-10(16-9)13-7-12(17-8)4-2-1-3-5-12/h6,13H,1-5,7H2,(H,14,15). The number of ether oxygens (including phenoxy) is 1. The Bertz CT molecular complexity index is 445. The van der Waals surface area contributed by atoms with Crippen LogP contribution in [-0.4, -0.2) is 23.2 Å². The number of carboxylic acids is 1. The van der Waals surface area contributed by atoms with Gasteiger partial charge in [0.25, 0.3) is 0 Å². The summed E-state index contributed by atoms with van der Waals surface area (Å²) in [5, 5.41) is 12.0. The third-order valence-corrected chi connectivity index (χ3v) is 3.57. The van der Waals surface area contributed by atoms with Gasteiger partial charge in [0.15, 0.2) is 5.75 Å². The number of nitrogens with one attached hydrogen (secondary N) is 1. The number of carbonyl (C=O) groups is 1. The molecule has 1 spiro atoms. The molecule has 3 rings (SSSR count). The van der Waals surface area contributed by atoms with Gasteiger partial charge in [-0.3, -0.25) is 0 Å². The summed E-state index contributed by atoms with van der Waals surface area (Å²) in [4.78, 5) is 10.8. The maximum absolute atomic E-state index is 10.8. The van der Waals surface area contributed by atoms with Crippen LogP contribution in [-0.2, 0) is 0 Å². The van der Waals surface area contributed by atoms with E-state index in [1.165, 1.54) is 25.3 Å². The molecule has 1 aromatic rings. The van der Waals surface area contributed by atoms with Crippen molar-refractivity contribution in [1.29, 1.82) is 0 Å². The molecule has 1 aliphatic carbocycles. The predicted molar refractivity (Wildman–Crippen MR) is 60.6 cm³/mol. The highest BCUT2D eigenvalue weighted by Crippen LogP contribution is 2.41. The molecule has 1 saturated carbocycles. The van der Waals surface area contributed by atoms with E-state index in [9.17, 15) is 4.79 Å². The van der Waals surface area contributed by atoms with Crippen molar-refractivity contribution in [3.63, 3.8) is 0 Å². The fraction of sp³-hybridized carbons (Fsp3) is 0.583. The van der Waals surface area contributed by atoms with E-state index in [2.05, 4.69) is 5.32 Å². The monoisotopic (exact) mass is 237 g/mol. The topological polar surface area (TPSA) is 71.7 Å². The van der Waals surface area contributed by atoms with Crippen LogP contribution in [0.25, 0.3) is 0 Å². The van der Waals surface area contributed by atoms with Gasteiger partial charge in [0.2, 0.25) is 11.6 Å². The van der Waals surface area contributed by atoms with Crippen LogP contribution in [0.3, 0.4) is 0 Å². The van der Waals surface area contributed by atoms with E-state index in [0.29, 0.717) is 18.2 Å². The lowest BCUT2D eigenvalue weighted by Gasteiger charge is -2.40. The van der Waals surface area contributed by atoms with Gasteiger partial charge in [-0.25, -0.2) is 4.79 Å². The van der Waals surface area contributed by atoms with Crippen LogP contribution in [0.2, 0.25) is 0 Å². The van der Waals surface area contributed by atoms with Gasteiger partial charge in [-0.15, -0.1) is 0 Å². The molecule has 0 aromatic carbocycles. The van der Waals surface area contributed by atoms with Crippen LogP contribution in [0, 0.1) is 0 Å². The van der Waals surface area contributed by atoms with E-state index < -0.39 is 5.97 Å². The molecule has 5 nitrogen and oxygen atoms in total. The summed E-state index contributed by atoms with van der Waals surface area (Å²) < 4.78 is 11.1. The van der Waals surface area contributed by atoms with Gasteiger partial charge in [0.05, 0.1) is 6.54 Å². The van der Waals surface area contributed by atoms with Crippen molar-refractivity contribution in [2.45, 2.75) is 37.7 Å². The molecule has 0 saturated heterocycles. The number of aromatic carboxylic acids is 1. The zero-order valence-electron chi connectivity index (χ0n) is 9.49. The minimum Gasteiger partial charge on any atom is -0.480 e. The van der Waals surface area contributed by atoms with Crippen LogP contribution in [0.1, 0.15) is 42.7 Å². The summed E-state index contributed by atoms with van der Waals surface area (Å²) in [6, 6.07) is 1.46. The molecule has 0 amide bonds. The van der Waals surface area contributed by atoms with Gasteiger partial charge < -0.3 is 19.6 Å². The molecule has 17 heavy (non-hydrogen) atoms. The van der Waals surface area contributed by atoms with Crippen LogP contribution in [0.5, 0.6) is 5.75 Å². The van der Waals surface area contributed by atoms with Crippen LogP contribution in [0.4, 0.5) is 5.88 Å². The third-order valence-electron chi connectivity index (χ3n) is 3.57. The second-order valence-electron chi connectivity index (χ2n) is 4.81. The summed E-state index contributed by atoms with van der Waals surface area (Å²) in [5.74, 6) is -0.160. The minimum absolute atomic E-state index is 0.0737. The molecule has 0 bridgehead atoms. The highest BCUT2D eigenvalue weighted by molar-refractivity contribution is 5.86. The Morgan fingerprint density at radius 3 is 2.82 bits per heavy atom. The molecule has 92 valence electrons. The summed E-state index contributed by atoms with van der Waals surface area (Å²) in [5.41, 5.74) is -0.162. The number of rotatable bonds is 1. The second kappa shape index (κ2) is 3.68. The number of anilines is 1. The van der Waals surface area contributed by atoms with Gasteiger partial charge in [0.1, 0.15) is 5.60 Å². The molecule has 2 aliphatic rings. The summed E-state index contributed by atoms with van der Waals surface area (Å²) in [7, 11) is 0. The minimum atomic E-state index is -1.07. The Hall–Kier alpha value is -1.65. The predicted octanol–water partition coefficient (Wildman–Crippen LogP) is 2.49. The lowest BCUT2D eigenvalue weighted by molar-refractivity contribution is 0.0353. The number of carboxylic acid groups (broad SMARTS) is 1. The average Bonchev–Trinajstić information content (AvgIpc) is 2.73. The van der Waals surface area contributed by atoms with Gasteiger partial charge in [-0.2, -0.15) is 0 Å². The summed E-state index contributed by atoms with van der Waals surface area (Å²) in [6.45, 7) is 0.701. The van der Waals surface area contributed by atoms with Crippen molar-refractivity contribution >= 4 is 11.9 Å². The third kappa shape index (κ3) is 1.75. The fourth-order valence-corrected chi connectivity index (χ4v) is 2.66. The van der Waals surface area contributed by atoms with Gasteiger partial charge >= 0.3 is 5.97 Å². The second-order valence-corrected chi connectivity index (χ2v) is 4.81. The van der Waals surface area contributed by atoms with E-state index in [1.807, 2.05) is 0 Å². The lowest BCUT2D eigenvalue weighted by Crippen LogP contribution is -2.46. The van der Waals surface area contributed by atoms with Crippen molar-refractivity contribution in [2.24, 2.45) is 0 Å². The van der Waals surface area contributed by atoms with E-state index in [0.717, 1.165) is 12.8 Å². The Morgan fingerprint density at radius 1 is 1.35 bits per heavy atom. The van der Waals surface area contributed by atoms with E-state index in [1.54, 1.807) is 0 Å². The summed E-state index contributed by atoms with van der Waals surface area (Å²) in [6.07, 6.45) is 5.63. The number of furan rings is 1. The molecule has 5 heteroatoms. The molecule has 2 N–H and O–H groups in total. The largest absolute Gasteiger partial charge is 0.480 e. The average molecular weight is 237 g/mol. The molecule has 1 aromatic heterocycles. The van der Waals surface area contributed by atoms with Crippen molar-refractivity contribution in [2.75, 3.05) is 11.9 Å². The Kier molecular flexibility index (Phi) is 2.28. The van der Waals surface area contributed by atoms with Crippen molar-refractivity contribution in [3.8, 4) is 5.75 Å². The maximum atomic E-state index is 10.8. The quantitative estimate of drug-likeness (QED) is 0.785. The van der Waals surface area contributed by atoms with E-state index >= 15 is 0 Å². The molecule has 0 atom stereocenters. The van der Waals surface area contributed by atoms with Gasteiger partial charge in [-0.05, 0) is 25.7 Å². The zero-order chi connectivity index (χ0) is 11.9. The van der Waals surface area contributed by atoms with Gasteiger partial charge in [0, 0.05) is 6.07 Å². The lowest BCUT2D eigenvalue weighted by atomic mass is 9.84. The smallest absolute Gasteiger partial charge is 0.372 e. The first-order valence-electron chi connectivity index (χ1n) is 5.99. The molecule has 2 heterocycles. The fourth-order valence-electron chi connectivity index (χ4n) is 2.66. The zero-order valence-corrected chi connectivity index (χ0v) is 9.49. The van der Waals surface area contributed by atoms with Gasteiger partial charge in [-0.1, -0.05) is 6.42 Å². The Balaban J connectivity index is 1.86. The molecule has 1 aliphatic heterocycles.